The van der Waals surface area contributed by atoms with Crippen molar-refractivity contribution < 1.29 is 9.59 Å². The Hall–Kier alpha value is -2.88. The molecule has 4 rings (SSSR count). The number of hydrogen-bond acceptors (Lipinski definition) is 3. The van der Waals surface area contributed by atoms with Crippen LogP contribution in [0.2, 0.25) is 0 Å². The summed E-state index contributed by atoms with van der Waals surface area (Å²) in [5.41, 5.74) is 7.14. The van der Waals surface area contributed by atoms with Crippen LogP contribution in [0.3, 0.4) is 0 Å². The maximum Gasteiger partial charge on any atom is 0.232 e. The van der Waals surface area contributed by atoms with Gasteiger partial charge in [0.15, 0.2) is 5.78 Å². The predicted molar refractivity (Wildman–Crippen MR) is 127 cm³/mol. The minimum absolute atomic E-state index is 0.0799. The Balaban J connectivity index is 1.77. The molecule has 1 heterocycles. The monoisotopic (exact) mass is 416 g/mol. The number of rotatable bonds is 5. The van der Waals surface area contributed by atoms with Gasteiger partial charge >= 0.3 is 0 Å². The van der Waals surface area contributed by atoms with Crippen molar-refractivity contribution in [3.63, 3.8) is 0 Å². The van der Waals surface area contributed by atoms with Crippen LogP contribution >= 0.6 is 0 Å². The topological polar surface area (TPSA) is 40.6 Å². The summed E-state index contributed by atoms with van der Waals surface area (Å²) in [4.78, 5) is 30.6. The molecular formula is C27H32N2O2. The molecule has 1 aliphatic carbocycles. The van der Waals surface area contributed by atoms with Crippen molar-refractivity contribution in [2.75, 3.05) is 22.9 Å². The van der Waals surface area contributed by atoms with E-state index in [0.717, 1.165) is 59.6 Å². The van der Waals surface area contributed by atoms with Crippen LogP contribution in [0.25, 0.3) is 0 Å². The number of aryl methyl sites for hydroxylation is 2. The summed E-state index contributed by atoms with van der Waals surface area (Å²) >= 11 is 0. The quantitative estimate of drug-likeness (QED) is 0.630. The van der Waals surface area contributed by atoms with Gasteiger partial charge in [0, 0.05) is 54.5 Å². The largest absolute Gasteiger partial charge is 0.372 e. The Morgan fingerprint density at radius 3 is 2.19 bits per heavy atom. The van der Waals surface area contributed by atoms with Crippen molar-refractivity contribution >= 4 is 23.1 Å². The molecule has 162 valence electrons. The van der Waals surface area contributed by atoms with Gasteiger partial charge in [0.25, 0.3) is 0 Å². The minimum Gasteiger partial charge on any atom is -0.372 e. The summed E-state index contributed by atoms with van der Waals surface area (Å²) in [6, 6.07) is 14.7. The van der Waals surface area contributed by atoms with E-state index in [1.807, 2.05) is 30.9 Å². The average Bonchev–Trinajstić information content (AvgIpc) is 2.74. The maximum absolute atomic E-state index is 13.4. The predicted octanol–water partition coefficient (Wildman–Crippen LogP) is 5.68. The molecule has 2 aromatic rings. The van der Waals surface area contributed by atoms with E-state index >= 15 is 0 Å². The van der Waals surface area contributed by atoms with Gasteiger partial charge in [-0.15, -0.1) is 0 Å². The Morgan fingerprint density at radius 1 is 0.935 bits per heavy atom. The molecule has 0 bridgehead atoms. The Morgan fingerprint density at radius 2 is 1.58 bits per heavy atom. The van der Waals surface area contributed by atoms with Crippen LogP contribution in [-0.4, -0.2) is 24.8 Å². The van der Waals surface area contributed by atoms with Crippen LogP contribution in [0.4, 0.5) is 11.4 Å². The highest BCUT2D eigenvalue weighted by Crippen LogP contribution is 2.43. The van der Waals surface area contributed by atoms with E-state index in [-0.39, 0.29) is 17.6 Å². The van der Waals surface area contributed by atoms with E-state index in [2.05, 4.69) is 49.1 Å². The first-order valence-electron chi connectivity index (χ1n) is 11.4. The number of benzene rings is 2. The fraction of sp³-hybridized carbons (Fsp3) is 0.407. The third-order valence-electron chi connectivity index (χ3n) is 6.56. The van der Waals surface area contributed by atoms with Gasteiger partial charge in [-0.25, -0.2) is 0 Å². The van der Waals surface area contributed by atoms with Crippen molar-refractivity contribution in [1.82, 2.24) is 0 Å². The molecule has 2 aliphatic rings. The zero-order valence-electron chi connectivity index (χ0n) is 19.1. The first kappa shape index (κ1) is 21.4. The molecule has 0 fully saturated rings. The molecular weight excluding hydrogens is 384 g/mol. The highest BCUT2D eigenvalue weighted by atomic mass is 16.2. The number of carbonyl (C=O) groups is 2. The minimum atomic E-state index is -0.150. The summed E-state index contributed by atoms with van der Waals surface area (Å²) in [6.45, 7) is 10.3. The van der Waals surface area contributed by atoms with Gasteiger partial charge < -0.3 is 4.90 Å². The lowest BCUT2D eigenvalue weighted by molar-refractivity contribution is -0.119. The van der Waals surface area contributed by atoms with Crippen LogP contribution in [0.1, 0.15) is 62.1 Å². The SMILES string of the molecule is CCN(CC)c1ccc(C2CC(=O)N(c3cc(C)cc(C)c3)C3=C2C(=O)CCC3)cc1. The smallest absolute Gasteiger partial charge is 0.232 e. The summed E-state index contributed by atoms with van der Waals surface area (Å²) in [6.07, 6.45) is 2.48. The molecule has 0 N–H and O–H groups in total. The van der Waals surface area contributed by atoms with E-state index in [1.165, 1.54) is 5.69 Å². The summed E-state index contributed by atoms with van der Waals surface area (Å²) < 4.78 is 0. The molecule has 0 saturated carbocycles. The molecule has 1 aliphatic heterocycles. The first-order chi connectivity index (χ1) is 14.9. The first-order valence-corrected chi connectivity index (χ1v) is 11.4. The lowest BCUT2D eigenvalue weighted by Crippen LogP contribution is -2.40. The van der Waals surface area contributed by atoms with Gasteiger partial charge in [0.2, 0.25) is 5.91 Å². The Kier molecular flexibility index (Phi) is 5.99. The second-order valence-electron chi connectivity index (χ2n) is 8.73. The third-order valence-corrected chi connectivity index (χ3v) is 6.56. The average molecular weight is 417 g/mol. The number of ketones is 1. The van der Waals surface area contributed by atoms with Crippen LogP contribution in [0.15, 0.2) is 53.7 Å². The van der Waals surface area contributed by atoms with Crippen LogP contribution in [0.5, 0.6) is 0 Å². The number of nitrogens with zero attached hydrogens (tertiary/aromatic N) is 2. The Bertz CT molecular complexity index is 1010. The van der Waals surface area contributed by atoms with E-state index in [9.17, 15) is 9.59 Å². The van der Waals surface area contributed by atoms with Crippen molar-refractivity contribution in [1.29, 1.82) is 0 Å². The highest BCUT2D eigenvalue weighted by molar-refractivity contribution is 6.07. The van der Waals surface area contributed by atoms with Crippen LogP contribution < -0.4 is 9.80 Å². The van der Waals surface area contributed by atoms with Crippen molar-refractivity contribution in [3.05, 3.63) is 70.4 Å². The van der Waals surface area contributed by atoms with E-state index < -0.39 is 0 Å². The second-order valence-corrected chi connectivity index (χ2v) is 8.73. The molecule has 0 saturated heterocycles. The number of carbonyl (C=O) groups excluding carboxylic acids is 2. The molecule has 4 heteroatoms. The standard InChI is InChI=1S/C27H32N2O2/c1-5-28(6-2)21-12-10-20(11-13-21)23-17-26(31)29(22-15-18(3)14-19(4)16-22)24-8-7-9-25(30)27(23)24/h10-16,23H,5-9,17H2,1-4H3. The van der Waals surface area contributed by atoms with Crippen molar-refractivity contribution in [2.24, 2.45) is 0 Å². The molecule has 1 amide bonds. The second kappa shape index (κ2) is 8.70. The molecule has 0 spiro atoms. The van der Waals surface area contributed by atoms with Gasteiger partial charge in [-0.3, -0.25) is 14.5 Å². The molecule has 1 atom stereocenters. The van der Waals surface area contributed by atoms with Gasteiger partial charge in [0.05, 0.1) is 0 Å². The number of allylic oxidation sites excluding steroid dienone is 2. The highest BCUT2D eigenvalue weighted by Gasteiger charge is 2.39. The number of anilines is 2. The Labute approximate surface area is 185 Å². The molecule has 4 nitrogen and oxygen atoms in total. The van der Waals surface area contributed by atoms with Gasteiger partial charge in [0.1, 0.15) is 0 Å². The molecule has 0 radical (unpaired) electrons. The zero-order chi connectivity index (χ0) is 22.1. The van der Waals surface area contributed by atoms with E-state index in [0.29, 0.717) is 12.8 Å². The van der Waals surface area contributed by atoms with Gasteiger partial charge in [-0.1, -0.05) is 18.2 Å². The molecule has 31 heavy (non-hydrogen) atoms. The van der Waals surface area contributed by atoms with Crippen molar-refractivity contribution in [2.45, 2.75) is 59.3 Å². The van der Waals surface area contributed by atoms with Crippen LogP contribution in [-0.2, 0) is 9.59 Å². The van der Waals surface area contributed by atoms with E-state index in [4.69, 9.17) is 0 Å². The normalized spacial score (nSPS) is 19.0. The van der Waals surface area contributed by atoms with Crippen molar-refractivity contribution in [3.8, 4) is 0 Å². The zero-order valence-corrected chi connectivity index (χ0v) is 19.1. The van der Waals surface area contributed by atoms with Crippen LogP contribution in [0, 0.1) is 13.8 Å². The molecule has 1 unspecified atom stereocenters. The summed E-state index contributed by atoms with van der Waals surface area (Å²) in [7, 11) is 0. The summed E-state index contributed by atoms with van der Waals surface area (Å²) in [5.74, 6) is 0.125. The lowest BCUT2D eigenvalue weighted by atomic mass is 9.77. The number of Topliss-reactive ketones (excluding diaryl/α,β-unsaturated/α-hetero) is 1. The number of hydrogen-bond donors (Lipinski definition) is 0. The van der Waals surface area contributed by atoms with Gasteiger partial charge in [-0.2, -0.15) is 0 Å². The fourth-order valence-corrected chi connectivity index (χ4v) is 5.16. The van der Waals surface area contributed by atoms with E-state index in [1.54, 1.807) is 0 Å². The maximum atomic E-state index is 13.4. The summed E-state index contributed by atoms with van der Waals surface area (Å²) in [5, 5.41) is 0. The van der Waals surface area contributed by atoms with Gasteiger partial charge in [-0.05, 0) is 81.5 Å². The molecule has 0 aromatic heterocycles. The lowest BCUT2D eigenvalue weighted by Gasteiger charge is -2.38. The third kappa shape index (κ3) is 4.04. The fourth-order valence-electron chi connectivity index (χ4n) is 5.16. The molecule has 2 aromatic carbocycles. The number of amides is 1.